The molecule has 3 heteroatoms. The van der Waals surface area contributed by atoms with E-state index in [1.54, 1.807) is 0 Å². The molecule has 1 fully saturated rings. The van der Waals surface area contributed by atoms with Crippen molar-refractivity contribution in [1.82, 2.24) is 9.80 Å². The van der Waals surface area contributed by atoms with E-state index in [9.17, 15) is 5.11 Å². The van der Waals surface area contributed by atoms with Crippen LogP contribution in [-0.2, 0) is 0 Å². The number of rotatable bonds is 3. The molecular weight excluding hydrogens is 176 g/mol. The molecule has 1 aliphatic heterocycles. The molecule has 14 heavy (non-hydrogen) atoms. The van der Waals surface area contributed by atoms with Crippen molar-refractivity contribution in [3.8, 4) is 0 Å². The molecule has 0 spiro atoms. The van der Waals surface area contributed by atoms with Crippen LogP contribution in [0.1, 0.15) is 20.3 Å². The summed E-state index contributed by atoms with van der Waals surface area (Å²) < 4.78 is 0. The molecule has 0 aromatic heterocycles. The first-order valence-electron chi connectivity index (χ1n) is 5.70. The highest BCUT2D eigenvalue weighted by atomic mass is 16.3. The van der Waals surface area contributed by atoms with E-state index >= 15 is 0 Å². The zero-order valence-corrected chi connectivity index (χ0v) is 9.74. The molecular formula is C11H24N2O. The lowest BCUT2D eigenvalue weighted by Gasteiger charge is -2.26. The first kappa shape index (κ1) is 12.0. The fourth-order valence-corrected chi connectivity index (χ4v) is 2.35. The van der Waals surface area contributed by atoms with Crippen LogP contribution in [0, 0.1) is 5.92 Å². The standard InChI is InChI=1S/C11H24N2O/c1-4-5-13-7-10(2)6-12(3)11(8-13)9-14/h10-11,14H,4-9H2,1-3H3. The Hall–Kier alpha value is -0.120. The molecule has 84 valence electrons. The van der Waals surface area contributed by atoms with Crippen molar-refractivity contribution in [1.29, 1.82) is 0 Å². The van der Waals surface area contributed by atoms with Crippen molar-refractivity contribution in [2.24, 2.45) is 5.92 Å². The van der Waals surface area contributed by atoms with E-state index in [1.807, 2.05) is 0 Å². The molecule has 0 bridgehead atoms. The summed E-state index contributed by atoms with van der Waals surface area (Å²) in [7, 11) is 2.12. The van der Waals surface area contributed by atoms with Crippen LogP contribution in [0.15, 0.2) is 0 Å². The smallest absolute Gasteiger partial charge is 0.0599 e. The van der Waals surface area contributed by atoms with Crippen molar-refractivity contribution in [2.75, 3.05) is 39.8 Å². The third-order valence-electron chi connectivity index (χ3n) is 3.01. The third kappa shape index (κ3) is 3.23. The van der Waals surface area contributed by atoms with Gasteiger partial charge in [0, 0.05) is 25.7 Å². The first-order chi connectivity index (χ1) is 6.67. The topological polar surface area (TPSA) is 26.7 Å². The van der Waals surface area contributed by atoms with Crippen LogP contribution in [0.25, 0.3) is 0 Å². The Balaban J connectivity index is 2.55. The van der Waals surface area contributed by atoms with Crippen molar-refractivity contribution in [2.45, 2.75) is 26.3 Å². The monoisotopic (exact) mass is 200 g/mol. The normalized spacial score (nSPS) is 31.7. The maximum Gasteiger partial charge on any atom is 0.0599 e. The van der Waals surface area contributed by atoms with E-state index in [1.165, 1.54) is 13.0 Å². The molecule has 1 saturated heterocycles. The lowest BCUT2D eigenvalue weighted by Crippen LogP contribution is -2.41. The fraction of sp³-hybridized carbons (Fsp3) is 1.00. The van der Waals surface area contributed by atoms with Crippen LogP contribution in [0.5, 0.6) is 0 Å². The molecule has 2 atom stereocenters. The summed E-state index contributed by atoms with van der Waals surface area (Å²) in [6.07, 6.45) is 1.20. The maximum absolute atomic E-state index is 9.29. The third-order valence-corrected chi connectivity index (χ3v) is 3.01. The van der Waals surface area contributed by atoms with Crippen molar-refractivity contribution in [3.63, 3.8) is 0 Å². The minimum Gasteiger partial charge on any atom is -0.395 e. The van der Waals surface area contributed by atoms with Gasteiger partial charge in [-0.1, -0.05) is 13.8 Å². The second-order valence-electron chi connectivity index (χ2n) is 4.64. The molecule has 1 N–H and O–H groups in total. The highest BCUT2D eigenvalue weighted by Gasteiger charge is 2.24. The average Bonchev–Trinajstić information content (AvgIpc) is 2.25. The van der Waals surface area contributed by atoms with Gasteiger partial charge in [0.25, 0.3) is 0 Å². The highest BCUT2D eigenvalue weighted by molar-refractivity contribution is 4.79. The summed E-state index contributed by atoms with van der Waals surface area (Å²) in [5.74, 6) is 0.711. The molecule has 0 amide bonds. The molecule has 0 aromatic rings. The summed E-state index contributed by atoms with van der Waals surface area (Å²) >= 11 is 0. The van der Waals surface area contributed by atoms with Gasteiger partial charge in [-0.25, -0.2) is 0 Å². The summed E-state index contributed by atoms with van der Waals surface area (Å²) in [4.78, 5) is 4.77. The van der Waals surface area contributed by atoms with Gasteiger partial charge in [-0.2, -0.15) is 0 Å². The van der Waals surface area contributed by atoms with Crippen molar-refractivity contribution >= 4 is 0 Å². The van der Waals surface area contributed by atoms with Crippen molar-refractivity contribution in [3.05, 3.63) is 0 Å². The summed E-state index contributed by atoms with van der Waals surface area (Å²) in [6, 6.07) is 0.325. The molecule has 0 aliphatic carbocycles. The van der Waals surface area contributed by atoms with E-state index in [0.29, 0.717) is 12.0 Å². The quantitative estimate of drug-likeness (QED) is 0.724. The molecule has 1 rings (SSSR count). The van der Waals surface area contributed by atoms with Crippen LogP contribution in [0.2, 0.25) is 0 Å². The number of aliphatic hydroxyl groups excluding tert-OH is 1. The minimum absolute atomic E-state index is 0.281. The molecule has 1 heterocycles. The number of aliphatic hydroxyl groups is 1. The Morgan fingerprint density at radius 3 is 2.57 bits per heavy atom. The van der Waals surface area contributed by atoms with E-state index in [2.05, 4.69) is 30.7 Å². The second-order valence-corrected chi connectivity index (χ2v) is 4.64. The molecule has 0 aromatic carbocycles. The molecule has 2 unspecified atom stereocenters. The molecule has 0 saturated carbocycles. The highest BCUT2D eigenvalue weighted by Crippen LogP contribution is 2.12. The Morgan fingerprint density at radius 1 is 1.29 bits per heavy atom. The number of nitrogens with zero attached hydrogens (tertiary/aromatic N) is 2. The van der Waals surface area contributed by atoms with Gasteiger partial charge in [0.15, 0.2) is 0 Å². The van der Waals surface area contributed by atoms with Gasteiger partial charge < -0.3 is 10.0 Å². The Bertz CT molecular complexity index is 163. The Kier molecular flexibility index (Phi) is 4.85. The van der Waals surface area contributed by atoms with E-state index in [-0.39, 0.29) is 6.61 Å². The summed E-state index contributed by atoms with van der Waals surface area (Å²) in [6.45, 7) is 9.25. The minimum atomic E-state index is 0.281. The molecule has 3 nitrogen and oxygen atoms in total. The zero-order valence-electron chi connectivity index (χ0n) is 9.74. The fourth-order valence-electron chi connectivity index (χ4n) is 2.35. The van der Waals surface area contributed by atoms with E-state index < -0.39 is 0 Å². The molecule has 1 aliphatic rings. The van der Waals surface area contributed by atoms with E-state index in [0.717, 1.165) is 19.6 Å². The Morgan fingerprint density at radius 2 is 2.00 bits per heavy atom. The van der Waals surface area contributed by atoms with Gasteiger partial charge in [0.05, 0.1) is 6.61 Å². The maximum atomic E-state index is 9.29. The first-order valence-corrected chi connectivity index (χ1v) is 5.70. The van der Waals surface area contributed by atoms with Gasteiger partial charge in [0.1, 0.15) is 0 Å². The average molecular weight is 200 g/mol. The number of hydrogen-bond donors (Lipinski definition) is 1. The van der Waals surface area contributed by atoms with Gasteiger partial charge >= 0.3 is 0 Å². The predicted octanol–water partition coefficient (Wildman–Crippen LogP) is 0.641. The van der Waals surface area contributed by atoms with Crippen LogP contribution in [0.3, 0.4) is 0 Å². The second kappa shape index (κ2) is 5.69. The van der Waals surface area contributed by atoms with E-state index in [4.69, 9.17) is 0 Å². The zero-order chi connectivity index (χ0) is 10.6. The number of likely N-dealkylation sites (N-methyl/N-ethyl adjacent to an activating group) is 1. The predicted molar refractivity (Wildman–Crippen MR) is 59.4 cm³/mol. The summed E-state index contributed by atoms with van der Waals surface area (Å²) in [5.41, 5.74) is 0. The van der Waals surface area contributed by atoms with Crippen molar-refractivity contribution < 1.29 is 5.11 Å². The van der Waals surface area contributed by atoms with Crippen LogP contribution in [-0.4, -0.2) is 60.8 Å². The van der Waals surface area contributed by atoms with Crippen LogP contribution >= 0.6 is 0 Å². The van der Waals surface area contributed by atoms with Crippen LogP contribution < -0.4 is 0 Å². The lowest BCUT2D eigenvalue weighted by molar-refractivity contribution is 0.130. The summed E-state index contributed by atoms with van der Waals surface area (Å²) in [5, 5.41) is 9.29. The SMILES string of the molecule is CCCN1CC(C)CN(C)C(CO)C1. The van der Waals surface area contributed by atoms with Crippen LogP contribution in [0.4, 0.5) is 0 Å². The largest absolute Gasteiger partial charge is 0.395 e. The van der Waals surface area contributed by atoms with Gasteiger partial charge in [-0.05, 0) is 25.9 Å². The lowest BCUT2D eigenvalue weighted by atomic mass is 10.1. The molecule has 0 radical (unpaired) electrons. The number of hydrogen-bond acceptors (Lipinski definition) is 3. The van der Waals surface area contributed by atoms with Gasteiger partial charge in [-0.15, -0.1) is 0 Å². The Labute approximate surface area is 87.7 Å². The van der Waals surface area contributed by atoms with Gasteiger partial charge in [0.2, 0.25) is 0 Å². The van der Waals surface area contributed by atoms with Gasteiger partial charge in [-0.3, -0.25) is 4.90 Å².